The SMILES string of the molecule is Cc1cc(C(=O)Nc2ncnc(Cl)c2Cl)on1. The first-order chi connectivity index (χ1) is 8.08. The summed E-state index contributed by atoms with van der Waals surface area (Å²) in [6.07, 6.45) is 1.19. The van der Waals surface area contributed by atoms with Gasteiger partial charge in [-0.25, -0.2) is 9.97 Å². The fourth-order valence-corrected chi connectivity index (χ4v) is 1.35. The molecule has 0 atom stereocenters. The number of hydrogen-bond donors (Lipinski definition) is 1. The number of halogens is 2. The van der Waals surface area contributed by atoms with Crippen molar-refractivity contribution >= 4 is 34.9 Å². The lowest BCUT2D eigenvalue weighted by Crippen LogP contribution is -2.12. The van der Waals surface area contributed by atoms with Crippen molar-refractivity contribution < 1.29 is 9.32 Å². The zero-order valence-corrected chi connectivity index (χ0v) is 10.1. The molecule has 2 rings (SSSR count). The number of hydrogen-bond acceptors (Lipinski definition) is 5. The molecule has 0 spiro atoms. The molecule has 2 aromatic heterocycles. The first-order valence-corrected chi connectivity index (χ1v) is 5.24. The maximum Gasteiger partial charge on any atom is 0.295 e. The molecular formula is C9H6Cl2N4O2. The summed E-state index contributed by atoms with van der Waals surface area (Å²) in [7, 11) is 0. The first-order valence-electron chi connectivity index (χ1n) is 4.48. The fourth-order valence-electron chi connectivity index (χ4n) is 1.08. The molecule has 0 aromatic carbocycles. The summed E-state index contributed by atoms with van der Waals surface area (Å²) in [6.45, 7) is 1.70. The molecule has 0 aliphatic heterocycles. The number of rotatable bonds is 2. The quantitative estimate of drug-likeness (QED) is 0.849. The van der Waals surface area contributed by atoms with E-state index in [4.69, 9.17) is 27.7 Å². The average Bonchev–Trinajstić information content (AvgIpc) is 2.72. The number of amides is 1. The van der Waals surface area contributed by atoms with E-state index in [-0.39, 0.29) is 21.8 Å². The predicted molar refractivity (Wildman–Crippen MR) is 61.2 cm³/mol. The van der Waals surface area contributed by atoms with Gasteiger partial charge < -0.3 is 9.84 Å². The number of aromatic nitrogens is 3. The van der Waals surface area contributed by atoms with Crippen molar-refractivity contribution in [2.75, 3.05) is 5.32 Å². The Bertz CT molecular complexity index is 570. The van der Waals surface area contributed by atoms with E-state index in [1.54, 1.807) is 6.92 Å². The van der Waals surface area contributed by atoms with Crippen LogP contribution in [0.15, 0.2) is 16.9 Å². The van der Waals surface area contributed by atoms with E-state index in [9.17, 15) is 4.79 Å². The molecule has 0 radical (unpaired) electrons. The van der Waals surface area contributed by atoms with Crippen LogP contribution in [0.4, 0.5) is 5.82 Å². The van der Waals surface area contributed by atoms with Crippen LogP contribution >= 0.6 is 23.2 Å². The van der Waals surface area contributed by atoms with Gasteiger partial charge in [-0.1, -0.05) is 28.4 Å². The van der Waals surface area contributed by atoms with Crippen LogP contribution in [-0.4, -0.2) is 21.0 Å². The molecule has 88 valence electrons. The van der Waals surface area contributed by atoms with Crippen molar-refractivity contribution in [1.29, 1.82) is 0 Å². The number of nitrogens with one attached hydrogen (secondary N) is 1. The largest absolute Gasteiger partial charge is 0.351 e. The predicted octanol–water partition coefficient (Wildman–Crippen LogP) is 2.33. The van der Waals surface area contributed by atoms with Gasteiger partial charge in [0.2, 0.25) is 5.76 Å². The van der Waals surface area contributed by atoms with E-state index in [1.807, 2.05) is 0 Å². The average molecular weight is 273 g/mol. The molecule has 0 aliphatic rings. The van der Waals surface area contributed by atoms with E-state index in [1.165, 1.54) is 12.4 Å². The second kappa shape index (κ2) is 4.68. The van der Waals surface area contributed by atoms with Crippen LogP contribution in [0.3, 0.4) is 0 Å². The standard InChI is InChI=1S/C9H6Cl2N4O2/c1-4-2-5(17-15-4)9(16)14-8-6(10)7(11)12-3-13-8/h2-3H,1H3,(H,12,13,14,16). The molecule has 0 unspecified atom stereocenters. The second-order valence-electron chi connectivity index (χ2n) is 3.11. The Morgan fingerprint density at radius 3 is 2.82 bits per heavy atom. The molecule has 1 amide bonds. The van der Waals surface area contributed by atoms with E-state index in [2.05, 4.69) is 20.4 Å². The first kappa shape index (κ1) is 11.8. The van der Waals surface area contributed by atoms with Gasteiger partial charge in [-0.15, -0.1) is 0 Å². The van der Waals surface area contributed by atoms with Crippen LogP contribution in [0.2, 0.25) is 10.2 Å². The van der Waals surface area contributed by atoms with Crippen LogP contribution in [0, 0.1) is 6.92 Å². The lowest BCUT2D eigenvalue weighted by atomic mass is 10.3. The van der Waals surface area contributed by atoms with Crippen LogP contribution in [-0.2, 0) is 0 Å². The van der Waals surface area contributed by atoms with Crippen molar-refractivity contribution in [1.82, 2.24) is 15.1 Å². The summed E-state index contributed by atoms with van der Waals surface area (Å²) in [5.41, 5.74) is 0.599. The highest BCUT2D eigenvalue weighted by atomic mass is 35.5. The summed E-state index contributed by atoms with van der Waals surface area (Å²) in [6, 6.07) is 1.49. The molecule has 2 aromatic rings. The van der Waals surface area contributed by atoms with Crippen molar-refractivity contribution in [2.24, 2.45) is 0 Å². The zero-order valence-electron chi connectivity index (χ0n) is 8.57. The van der Waals surface area contributed by atoms with E-state index >= 15 is 0 Å². The van der Waals surface area contributed by atoms with Crippen LogP contribution in [0.1, 0.15) is 16.2 Å². The molecule has 1 N–H and O–H groups in total. The fraction of sp³-hybridized carbons (Fsp3) is 0.111. The molecular weight excluding hydrogens is 267 g/mol. The normalized spacial score (nSPS) is 10.3. The van der Waals surface area contributed by atoms with Crippen molar-refractivity contribution in [2.45, 2.75) is 6.92 Å². The molecule has 0 fully saturated rings. The summed E-state index contributed by atoms with van der Waals surface area (Å²) in [5, 5.41) is 6.16. The molecule has 2 heterocycles. The van der Waals surface area contributed by atoms with Gasteiger partial charge in [-0.05, 0) is 6.92 Å². The lowest BCUT2D eigenvalue weighted by molar-refractivity contribution is 0.0987. The van der Waals surface area contributed by atoms with Gasteiger partial charge in [-0.2, -0.15) is 0 Å². The highest BCUT2D eigenvalue weighted by Gasteiger charge is 2.15. The van der Waals surface area contributed by atoms with Crippen LogP contribution in [0.25, 0.3) is 0 Å². The number of anilines is 1. The van der Waals surface area contributed by atoms with Crippen molar-refractivity contribution in [3.8, 4) is 0 Å². The molecule has 0 bridgehead atoms. The van der Waals surface area contributed by atoms with E-state index < -0.39 is 5.91 Å². The maximum absolute atomic E-state index is 11.7. The third kappa shape index (κ3) is 2.54. The Kier molecular flexibility index (Phi) is 3.26. The summed E-state index contributed by atoms with van der Waals surface area (Å²) < 4.78 is 4.79. The minimum atomic E-state index is -0.512. The summed E-state index contributed by atoms with van der Waals surface area (Å²) in [5.74, 6) is -0.332. The molecule has 0 aliphatic carbocycles. The van der Waals surface area contributed by atoms with Gasteiger partial charge >= 0.3 is 0 Å². The molecule has 17 heavy (non-hydrogen) atoms. The Morgan fingerprint density at radius 1 is 1.41 bits per heavy atom. The number of carbonyl (C=O) groups excluding carboxylic acids is 1. The zero-order chi connectivity index (χ0) is 12.4. The Labute approximate surface area is 106 Å². The topological polar surface area (TPSA) is 80.9 Å². The minimum Gasteiger partial charge on any atom is -0.351 e. The van der Waals surface area contributed by atoms with Gasteiger partial charge in [0.25, 0.3) is 5.91 Å². The Hall–Kier alpha value is -1.66. The Balaban J connectivity index is 2.21. The smallest absolute Gasteiger partial charge is 0.295 e. The van der Waals surface area contributed by atoms with E-state index in [0.29, 0.717) is 5.69 Å². The number of aryl methyl sites for hydroxylation is 1. The van der Waals surface area contributed by atoms with Crippen molar-refractivity contribution in [3.63, 3.8) is 0 Å². The number of nitrogens with zero attached hydrogens (tertiary/aromatic N) is 3. The number of carbonyl (C=O) groups is 1. The molecule has 0 saturated heterocycles. The Morgan fingerprint density at radius 2 is 2.18 bits per heavy atom. The summed E-state index contributed by atoms with van der Waals surface area (Å²) >= 11 is 11.5. The highest BCUT2D eigenvalue weighted by molar-refractivity contribution is 6.43. The second-order valence-corrected chi connectivity index (χ2v) is 3.85. The van der Waals surface area contributed by atoms with Crippen LogP contribution in [0.5, 0.6) is 0 Å². The molecule has 6 nitrogen and oxygen atoms in total. The van der Waals surface area contributed by atoms with Gasteiger partial charge in [0.15, 0.2) is 11.0 Å². The van der Waals surface area contributed by atoms with Gasteiger partial charge in [0, 0.05) is 6.07 Å². The third-order valence-electron chi connectivity index (χ3n) is 1.83. The monoisotopic (exact) mass is 272 g/mol. The van der Waals surface area contributed by atoms with Gasteiger partial charge in [0.05, 0.1) is 5.69 Å². The van der Waals surface area contributed by atoms with Gasteiger partial charge in [0.1, 0.15) is 11.3 Å². The third-order valence-corrected chi connectivity index (χ3v) is 2.57. The van der Waals surface area contributed by atoms with Crippen LogP contribution < -0.4 is 5.32 Å². The van der Waals surface area contributed by atoms with Crippen molar-refractivity contribution in [3.05, 3.63) is 34.0 Å². The summed E-state index contributed by atoms with van der Waals surface area (Å²) in [4.78, 5) is 19.1. The maximum atomic E-state index is 11.7. The van der Waals surface area contributed by atoms with Gasteiger partial charge in [-0.3, -0.25) is 4.79 Å². The molecule has 0 saturated carbocycles. The highest BCUT2D eigenvalue weighted by Crippen LogP contribution is 2.25. The van der Waals surface area contributed by atoms with E-state index in [0.717, 1.165) is 0 Å². The minimum absolute atomic E-state index is 0.0608. The molecule has 8 heteroatoms. The lowest BCUT2D eigenvalue weighted by Gasteiger charge is -2.03.